The van der Waals surface area contributed by atoms with Crippen LogP contribution in [0.1, 0.15) is 54.4 Å². The fourth-order valence-electron chi connectivity index (χ4n) is 1.71. The van der Waals surface area contributed by atoms with E-state index in [-0.39, 0.29) is 0 Å². The van der Waals surface area contributed by atoms with Crippen LogP contribution < -0.4 is 0 Å². The molecule has 14 heavy (non-hydrogen) atoms. The maximum absolute atomic E-state index is 2.28. The van der Waals surface area contributed by atoms with Crippen molar-refractivity contribution in [1.29, 1.82) is 0 Å². The number of rotatable bonds is 6. The molecule has 0 rings (SSSR count). The molecule has 0 aromatic carbocycles. The van der Waals surface area contributed by atoms with Crippen molar-refractivity contribution in [3.05, 3.63) is 24.0 Å². The van der Waals surface area contributed by atoms with Crippen molar-refractivity contribution >= 4 is 0 Å². The van der Waals surface area contributed by atoms with Gasteiger partial charge in [-0.1, -0.05) is 53.7 Å². The van der Waals surface area contributed by atoms with Gasteiger partial charge in [-0.15, -0.1) is 0 Å². The molecule has 0 saturated heterocycles. The van der Waals surface area contributed by atoms with Gasteiger partial charge in [0.2, 0.25) is 0 Å². The van der Waals surface area contributed by atoms with Crippen molar-refractivity contribution in [2.75, 3.05) is 0 Å². The summed E-state index contributed by atoms with van der Waals surface area (Å²) < 4.78 is 0. The molecule has 0 N–H and O–H groups in total. The summed E-state index contributed by atoms with van der Waals surface area (Å²) >= 11 is 0. The highest BCUT2D eigenvalue weighted by Crippen LogP contribution is 2.18. The topological polar surface area (TPSA) is 0 Å². The SMILES string of the molecule is C[C](/C=C/[C](C)CC(C)C)CC(C)C. The van der Waals surface area contributed by atoms with E-state index in [1.165, 1.54) is 24.7 Å². The zero-order chi connectivity index (χ0) is 11.1. The molecule has 0 aliphatic rings. The average Bonchev–Trinajstić information content (AvgIpc) is 1.98. The molecule has 0 aliphatic carbocycles. The maximum Gasteiger partial charge on any atom is -0.00555 e. The Labute approximate surface area is 90.8 Å². The van der Waals surface area contributed by atoms with E-state index in [0.717, 1.165) is 11.8 Å². The van der Waals surface area contributed by atoms with E-state index in [4.69, 9.17) is 0 Å². The molecule has 0 saturated carbocycles. The highest BCUT2D eigenvalue weighted by Gasteiger charge is 2.04. The van der Waals surface area contributed by atoms with Crippen LogP contribution in [0.5, 0.6) is 0 Å². The Bertz CT molecular complexity index is 135. The van der Waals surface area contributed by atoms with Crippen LogP contribution in [-0.4, -0.2) is 0 Å². The second-order valence-electron chi connectivity index (χ2n) is 5.22. The fraction of sp³-hybridized carbons (Fsp3) is 0.714. The lowest BCUT2D eigenvalue weighted by Crippen LogP contribution is -1.97. The summed E-state index contributed by atoms with van der Waals surface area (Å²) in [5, 5.41) is 0. The highest BCUT2D eigenvalue weighted by atomic mass is 14.1. The molecule has 0 amide bonds. The molecule has 0 aliphatic heterocycles. The maximum atomic E-state index is 2.28. The van der Waals surface area contributed by atoms with Crippen LogP contribution in [0.25, 0.3) is 0 Å². The summed E-state index contributed by atoms with van der Waals surface area (Å²) in [6, 6.07) is 0. The Morgan fingerprint density at radius 3 is 1.29 bits per heavy atom. The highest BCUT2D eigenvalue weighted by molar-refractivity contribution is 5.16. The van der Waals surface area contributed by atoms with E-state index < -0.39 is 0 Å². The van der Waals surface area contributed by atoms with Crippen LogP contribution in [0.15, 0.2) is 12.2 Å². The van der Waals surface area contributed by atoms with E-state index in [0.29, 0.717) is 0 Å². The monoisotopic (exact) mass is 194 g/mol. The Morgan fingerprint density at radius 1 is 0.786 bits per heavy atom. The van der Waals surface area contributed by atoms with Gasteiger partial charge in [-0.25, -0.2) is 0 Å². The Balaban J connectivity index is 3.78. The van der Waals surface area contributed by atoms with Gasteiger partial charge in [0.05, 0.1) is 0 Å². The van der Waals surface area contributed by atoms with E-state index in [2.05, 4.69) is 53.7 Å². The minimum Gasteiger partial charge on any atom is -0.0811 e. The van der Waals surface area contributed by atoms with Gasteiger partial charge in [0.1, 0.15) is 0 Å². The normalized spacial score (nSPS) is 13.0. The Hall–Kier alpha value is -0.260. The van der Waals surface area contributed by atoms with Crippen LogP contribution in [-0.2, 0) is 0 Å². The number of allylic oxidation sites excluding steroid dienone is 2. The minimum absolute atomic E-state index is 0.769. The van der Waals surface area contributed by atoms with E-state index in [1.807, 2.05) is 0 Å². The van der Waals surface area contributed by atoms with E-state index in [1.54, 1.807) is 0 Å². The van der Waals surface area contributed by atoms with Gasteiger partial charge in [0, 0.05) is 0 Å². The largest absolute Gasteiger partial charge is 0.0811 e. The molecule has 0 atom stereocenters. The molecule has 0 heteroatoms. The third kappa shape index (κ3) is 8.34. The van der Waals surface area contributed by atoms with Crippen molar-refractivity contribution in [3.8, 4) is 0 Å². The zero-order valence-corrected chi connectivity index (χ0v) is 10.7. The molecular weight excluding hydrogens is 168 g/mol. The first-order valence-electron chi connectivity index (χ1n) is 5.74. The van der Waals surface area contributed by atoms with Crippen molar-refractivity contribution in [2.45, 2.75) is 54.4 Å². The summed E-state index contributed by atoms with van der Waals surface area (Å²) in [6.45, 7) is 13.5. The van der Waals surface area contributed by atoms with Crippen LogP contribution in [0.4, 0.5) is 0 Å². The third-order valence-corrected chi connectivity index (χ3v) is 2.11. The minimum atomic E-state index is 0.769. The molecule has 0 fully saturated rings. The second-order valence-corrected chi connectivity index (χ2v) is 5.22. The van der Waals surface area contributed by atoms with Crippen molar-refractivity contribution in [1.82, 2.24) is 0 Å². The van der Waals surface area contributed by atoms with Gasteiger partial charge >= 0.3 is 0 Å². The van der Waals surface area contributed by atoms with Gasteiger partial charge in [-0.3, -0.25) is 0 Å². The molecule has 82 valence electrons. The summed E-state index contributed by atoms with van der Waals surface area (Å²) in [7, 11) is 0. The quantitative estimate of drug-likeness (QED) is 0.568. The molecule has 0 unspecified atom stereocenters. The molecule has 0 aromatic heterocycles. The van der Waals surface area contributed by atoms with Crippen LogP contribution in [0.3, 0.4) is 0 Å². The standard InChI is InChI=1S/C14H26/c1-11(2)9-13(5)7-8-14(6)10-12(3)4/h7-8,11-12H,9-10H2,1-6H3/b8-7+. The molecular formula is C14H26. The summed E-state index contributed by atoms with van der Waals surface area (Å²) in [4.78, 5) is 0. The van der Waals surface area contributed by atoms with Gasteiger partial charge in [-0.2, -0.15) is 0 Å². The average molecular weight is 194 g/mol. The third-order valence-electron chi connectivity index (χ3n) is 2.11. The fourth-order valence-corrected chi connectivity index (χ4v) is 1.71. The first-order chi connectivity index (χ1) is 6.41. The van der Waals surface area contributed by atoms with Crippen molar-refractivity contribution < 1.29 is 0 Å². The lowest BCUT2D eigenvalue weighted by molar-refractivity contribution is 0.607. The zero-order valence-electron chi connectivity index (χ0n) is 10.7. The summed E-state index contributed by atoms with van der Waals surface area (Å²) in [5.74, 6) is 4.52. The lowest BCUT2D eigenvalue weighted by Gasteiger charge is -2.11. The first-order valence-corrected chi connectivity index (χ1v) is 5.74. The molecule has 0 spiro atoms. The Kier molecular flexibility index (Phi) is 6.96. The molecule has 0 heterocycles. The smallest absolute Gasteiger partial charge is 0.00555 e. The predicted octanol–water partition coefficient (Wildman–Crippen LogP) is 4.82. The Morgan fingerprint density at radius 2 is 1.07 bits per heavy atom. The van der Waals surface area contributed by atoms with Crippen molar-refractivity contribution in [3.63, 3.8) is 0 Å². The molecule has 0 nitrogen and oxygen atoms in total. The van der Waals surface area contributed by atoms with Gasteiger partial charge < -0.3 is 0 Å². The van der Waals surface area contributed by atoms with E-state index >= 15 is 0 Å². The molecule has 0 bridgehead atoms. The summed E-state index contributed by atoms with van der Waals surface area (Å²) in [5.41, 5.74) is 0. The van der Waals surface area contributed by atoms with Crippen LogP contribution in [0.2, 0.25) is 0 Å². The number of hydrogen-bond donors (Lipinski definition) is 0. The summed E-state index contributed by atoms with van der Waals surface area (Å²) in [6.07, 6.45) is 6.98. The molecule has 2 radical (unpaired) electrons. The predicted molar refractivity (Wildman–Crippen MR) is 65.9 cm³/mol. The van der Waals surface area contributed by atoms with Crippen molar-refractivity contribution in [2.24, 2.45) is 11.8 Å². The number of hydrogen-bond acceptors (Lipinski definition) is 0. The first kappa shape index (κ1) is 13.7. The second kappa shape index (κ2) is 7.09. The molecule has 0 aromatic rings. The van der Waals surface area contributed by atoms with E-state index in [9.17, 15) is 0 Å². The van der Waals surface area contributed by atoms with Gasteiger partial charge in [-0.05, 0) is 36.5 Å². The van der Waals surface area contributed by atoms with Gasteiger partial charge in [0.25, 0.3) is 0 Å². The lowest BCUT2D eigenvalue weighted by atomic mass is 9.94. The van der Waals surface area contributed by atoms with Crippen LogP contribution >= 0.6 is 0 Å². The van der Waals surface area contributed by atoms with Gasteiger partial charge in [0.15, 0.2) is 0 Å². The van der Waals surface area contributed by atoms with Crippen LogP contribution in [0, 0.1) is 23.7 Å².